The van der Waals surface area contributed by atoms with Gasteiger partial charge in [0.05, 0.1) is 5.69 Å². The molecule has 1 aliphatic rings. The van der Waals surface area contributed by atoms with E-state index in [0.717, 1.165) is 60.8 Å². The molecule has 164 valence electrons. The fourth-order valence-electron chi connectivity index (χ4n) is 3.94. The van der Waals surface area contributed by atoms with Crippen LogP contribution in [0.4, 0.5) is 5.69 Å². The first-order valence-corrected chi connectivity index (χ1v) is 10.9. The first-order valence-electron chi connectivity index (χ1n) is 10.9. The fraction of sp³-hybridized carbons (Fsp3) is 0.269. The maximum atomic E-state index is 12.8. The van der Waals surface area contributed by atoms with Crippen LogP contribution in [0.15, 0.2) is 66.9 Å². The van der Waals surface area contributed by atoms with Crippen LogP contribution in [0.5, 0.6) is 0 Å². The van der Waals surface area contributed by atoms with Gasteiger partial charge in [-0.25, -0.2) is 0 Å². The lowest BCUT2D eigenvalue weighted by Gasteiger charge is -2.34. The van der Waals surface area contributed by atoms with Gasteiger partial charge in [0.25, 0.3) is 5.91 Å². The molecule has 3 aromatic rings. The van der Waals surface area contributed by atoms with Crippen molar-refractivity contribution in [2.24, 2.45) is 0 Å². The van der Waals surface area contributed by atoms with E-state index in [1.165, 1.54) is 0 Å². The van der Waals surface area contributed by atoms with Crippen LogP contribution in [0.1, 0.15) is 28.4 Å². The molecule has 1 aliphatic heterocycles. The number of rotatable bonds is 5. The van der Waals surface area contributed by atoms with Crippen molar-refractivity contribution in [2.45, 2.75) is 20.4 Å². The molecule has 0 spiro atoms. The Morgan fingerprint density at radius 1 is 0.969 bits per heavy atom. The van der Waals surface area contributed by atoms with E-state index in [4.69, 9.17) is 0 Å². The van der Waals surface area contributed by atoms with Crippen molar-refractivity contribution in [3.05, 3.63) is 83.6 Å². The predicted octanol–water partition coefficient (Wildman–Crippen LogP) is 3.97. The largest absolute Gasteiger partial charge is 0.340 e. The first kappa shape index (κ1) is 21.7. The normalized spacial score (nSPS) is 14.2. The molecule has 0 saturated carbocycles. The molecule has 6 heteroatoms. The smallest absolute Gasteiger partial charge is 0.255 e. The molecule has 6 nitrogen and oxygen atoms in total. The lowest BCUT2D eigenvalue weighted by Crippen LogP contribution is -2.47. The molecule has 32 heavy (non-hydrogen) atoms. The van der Waals surface area contributed by atoms with Gasteiger partial charge in [-0.15, -0.1) is 0 Å². The van der Waals surface area contributed by atoms with Gasteiger partial charge in [-0.1, -0.05) is 24.3 Å². The van der Waals surface area contributed by atoms with E-state index in [1.54, 1.807) is 13.1 Å². The second-order valence-electron chi connectivity index (χ2n) is 8.18. The summed E-state index contributed by atoms with van der Waals surface area (Å²) < 4.78 is 0. The van der Waals surface area contributed by atoms with E-state index in [2.05, 4.69) is 15.2 Å². The van der Waals surface area contributed by atoms with Gasteiger partial charge in [0.15, 0.2) is 0 Å². The van der Waals surface area contributed by atoms with E-state index in [-0.39, 0.29) is 11.8 Å². The van der Waals surface area contributed by atoms with Crippen LogP contribution in [0.25, 0.3) is 11.3 Å². The maximum absolute atomic E-state index is 12.8. The number of amides is 2. The summed E-state index contributed by atoms with van der Waals surface area (Å²) in [6.07, 6.45) is 1.77. The standard InChI is InChI=1S/C26H28N4O2/c1-19-6-11-23(17-24(19)25-5-3-4-12-27-25)28-26(32)22-9-7-21(8-10-22)18-29-13-15-30(16-14-29)20(2)31/h3-12,17H,13-16,18H2,1-2H3,(H,28,32). The lowest BCUT2D eigenvalue weighted by molar-refractivity contribution is -0.130. The Bertz CT molecular complexity index is 1090. The minimum Gasteiger partial charge on any atom is -0.340 e. The first-order chi connectivity index (χ1) is 15.5. The molecule has 0 radical (unpaired) electrons. The Hall–Kier alpha value is -3.51. The third-order valence-electron chi connectivity index (χ3n) is 5.88. The molecule has 2 amide bonds. The predicted molar refractivity (Wildman–Crippen MR) is 126 cm³/mol. The number of carbonyl (C=O) groups excluding carboxylic acids is 2. The minimum absolute atomic E-state index is 0.137. The van der Waals surface area contributed by atoms with Crippen molar-refractivity contribution in [3.63, 3.8) is 0 Å². The number of aryl methyl sites for hydroxylation is 1. The van der Waals surface area contributed by atoms with Crippen LogP contribution in [0.2, 0.25) is 0 Å². The SMILES string of the molecule is CC(=O)N1CCN(Cc2ccc(C(=O)Nc3ccc(C)c(-c4ccccn4)c3)cc2)CC1. The molecule has 0 aliphatic carbocycles. The number of anilines is 1. The highest BCUT2D eigenvalue weighted by atomic mass is 16.2. The summed E-state index contributed by atoms with van der Waals surface area (Å²) >= 11 is 0. The van der Waals surface area contributed by atoms with Crippen molar-refractivity contribution in [1.29, 1.82) is 0 Å². The number of pyridine rings is 1. The molecule has 2 heterocycles. The molecule has 2 aromatic carbocycles. The van der Waals surface area contributed by atoms with E-state index >= 15 is 0 Å². The molecule has 1 saturated heterocycles. The van der Waals surface area contributed by atoms with Gasteiger partial charge in [0, 0.05) is 62.7 Å². The third-order valence-corrected chi connectivity index (χ3v) is 5.88. The van der Waals surface area contributed by atoms with Gasteiger partial charge < -0.3 is 10.2 Å². The monoisotopic (exact) mass is 428 g/mol. The quantitative estimate of drug-likeness (QED) is 0.668. The average Bonchev–Trinajstić information content (AvgIpc) is 2.81. The van der Waals surface area contributed by atoms with Crippen molar-refractivity contribution in [1.82, 2.24) is 14.8 Å². The summed E-state index contributed by atoms with van der Waals surface area (Å²) in [5.41, 5.74) is 5.52. The van der Waals surface area contributed by atoms with E-state index in [0.29, 0.717) is 5.56 Å². The Morgan fingerprint density at radius 2 is 1.72 bits per heavy atom. The number of aromatic nitrogens is 1. The number of carbonyl (C=O) groups is 2. The van der Waals surface area contributed by atoms with Crippen molar-refractivity contribution >= 4 is 17.5 Å². The number of nitrogens with zero attached hydrogens (tertiary/aromatic N) is 3. The van der Waals surface area contributed by atoms with Gasteiger partial charge in [-0.2, -0.15) is 0 Å². The molecular formula is C26H28N4O2. The van der Waals surface area contributed by atoms with Crippen LogP contribution < -0.4 is 5.32 Å². The highest BCUT2D eigenvalue weighted by Crippen LogP contribution is 2.25. The molecule has 4 rings (SSSR count). The number of hydrogen-bond donors (Lipinski definition) is 1. The summed E-state index contributed by atoms with van der Waals surface area (Å²) in [6.45, 7) is 7.75. The second kappa shape index (κ2) is 9.75. The molecule has 0 atom stereocenters. The molecule has 1 N–H and O–H groups in total. The van der Waals surface area contributed by atoms with E-state index in [1.807, 2.05) is 72.5 Å². The van der Waals surface area contributed by atoms with Gasteiger partial charge in [0.1, 0.15) is 0 Å². The van der Waals surface area contributed by atoms with Crippen molar-refractivity contribution in [2.75, 3.05) is 31.5 Å². The molecule has 0 unspecified atom stereocenters. The van der Waals surface area contributed by atoms with Gasteiger partial charge in [-0.3, -0.25) is 19.5 Å². The van der Waals surface area contributed by atoms with Gasteiger partial charge in [0.2, 0.25) is 5.91 Å². The van der Waals surface area contributed by atoms with Crippen LogP contribution in [-0.4, -0.2) is 52.8 Å². The van der Waals surface area contributed by atoms with Crippen LogP contribution in [0.3, 0.4) is 0 Å². The Morgan fingerprint density at radius 3 is 2.38 bits per heavy atom. The number of hydrogen-bond acceptors (Lipinski definition) is 4. The highest BCUT2D eigenvalue weighted by Gasteiger charge is 2.18. The zero-order chi connectivity index (χ0) is 22.5. The highest BCUT2D eigenvalue weighted by molar-refractivity contribution is 6.04. The molecule has 1 aromatic heterocycles. The average molecular weight is 429 g/mol. The number of benzene rings is 2. The summed E-state index contributed by atoms with van der Waals surface area (Å²) in [6, 6.07) is 19.4. The molecule has 1 fully saturated rings. The van der Waals surface area contributed by atoms with E-state index in [9.17, 15) is 9.59 Å². The van der Waals surface area contributed by atoms with Gasteiger partial charge in [-0.05, 0) is 54.4 Å². The van der Waals surface area contributed by atoms with Crippen molar-refractivity contribution in [3.8, 4) is 11.3 Å². The summed E-state index contributed by atoms with van der Waals surface area (Å²) in [5, 5.41) is 3.00. The minimum atomic E-state index is -0.137. The Labute approximate surface area is 188 Å². The number of nitrogens with one attached hydrogen (secondary N) is 1. The van der Waals surface area contributed by atoms with Crippen LogP contribution in [-0.2, 0) is 11.3 Å². The summed E-state index contributed by atoms with van der Waals surface area (Å²) in [5.74, 6) is 0.00295. The summed E-state index contributed by atoms with van der Waals surface area (Å²) in [4.78, 5) is 32.9. The second-order valence-corrected chi connectivity index (χ2v) is 8.18. The van der Waals surface area contributed by atoms with E-state index < -0.39 is 0 Å². The number of piperazine rings is 1. The van der Waals surface area contributed by atoms with Crippen LogP contribution in [0, 0.1) is 6.92 Å². The lowest BCUT2D eigenvalue weighted by atomic mass is 10.0. The Kier molecular flexibility index (Phi) is 6.61. The zero-order valence-corrected chi connectivity index (χ0v) is 18.5. The van der Waals surface area contributed by atoms with Crippen molar-refractivity contribution < 1.29 is 9.59 Å². The van der Waals surface area contributed by atoms with Gasteiger partial charge >= 0.3 is 0 Å². The summed E-state index contributed by atoms with van der Waals surface area (Å²) in [7, 11) is 0. The maximum Gasteiger partial charge on any atom is 0.255 e. The fourth-order valence-corrected chi connectivity index (χ4v) is 3.94. The Balaban J connectivity index is 1.38. The zero-order valence-electron chi connectivity index (χ0n) is 18.5. The topological polar surface area (TPSA) is 65.5 Å². The molecule has 0 bridgehead atoms. The third kappa shape index (κ3) is 5.21. The molecular weight excluding hydrogens is 400 g/mol. The van der Waals surface area contributed by atoms with Crippen LogP contribution >= 0.6 is 0 Å².